The van der Waals surface area contributed by atoms with E-state index in [1.54, 1.807) is 50.8 Å². The lowest BCUT2D eigenvalue weighted by atomic mass is 10.0. The second-order valence-electron chi connectivity index (χ2n) is 6.76. The van der Waals surface area contributed by atoms with Gasteiger partial charge in [0.1, 0.15) is 5.82 Å². The van der Waals surface area contributed by atoms with Crippen LogP contribution in [0.25, 0.3) is 22.8 Å². The third kappa shape index (κ3) is 4.69. The Balaban J connectivity index is 0.000000166. The molecule has 2 heterocycles. The van der Waals surface area contributed by atoms with Gasteiger partial charge in [0.25, 0.3) is 0 Å². The number of benzene rings is 2. The van der Waals surface area contributed by atoms with Gasteiger partial charge < -0.3 is 0 Å². The molecule has 0 unspecified atom stereocenters. The Hall–Kier alpha value is -3.47. The van der Waals surface area contributed by atoms with Gasteiger partial charge in [-0.05, 0) is 62.1 Å². The van der Waals surface area contributed by atoms with Gasteiger partial charge in [0.15, 0.2) is 11.6 Å². The monoisotopic (exact) mass is 386 g/mol. The van der Waals surface area contributed by atoms with Crippen LogP contribution >= 0.6 is 0 Å². The number of nitrogens with zero attached hydrogens (tertiary/aromatic N) is 4. The minimum absolute atomic E-state index is 0.181. The van der Waals surface area contributed by atoms with Gasteiger partial charge in [-0.15, -0.1) is 0 Å². The third-order valence-corrected chi connectivity index (χ3v) is 4.80. The summed E-state index contributed by atoms with van der Waals surface area (Å²) in [6.07, 6.45) is 6.84. The third-order valence-electron chi connectivity index (χ3n) is 4.80. The average Bonchev–Trinajstić information content (AvgIpc) is 2.76. The lowest BCUT2D eigenvalue weighted by Crippen LogP contribution is -1.94. The molecule has 0 N–H and O–H groups in total. The lowest BCUT2D eigenvalue weighted by molar-refractivity contribution is 0.609. The van der Waals surface area contributed by atoms with Crippen LogP contribution in [0.2, 0.25) is 0 Å². The summed E-state index contributed by atoms with van der Waals surface area (Å²) in [7, 11) is 0. The molecule has 0 fully saturated rings. The van der Waals surface area contributed by atoms with Crippen molar-refractivity contribution in [2.75, 3.05) is 0 Å². The van der Waals surface area contributed by atoms with Crippen LogP contribution in [0.15, 0.2) is 67.3 Å². The molecule has 0 spiro atoms. The highest BCUT2D eigenvalue weighted by Gasteiger charge is 2.10. The predicted molar refractivity (Wildman–Crippen MR) is 114 cm³/mol. The second kappa shape index (κ2) is 9.15. The van der Waals surface area contributed by atoms with Crippen molar-refractivity contribution in [3.8, 4) is 22.8 Å². The van der Waals surface area contributed by atoms with Gasteiger partial charge in [-0.1, -0.05) is 30.3 Å². The van der Waals surface area contributed by atoms with Crippen LogP contribution in [0.3, 0.4) is 0 Å². The molecule has 29 heavy (non-hydrogen) atoms. The van der Waals surface area contributed by atoms with E-state index >= 15 is 0 Å². The van der Waals surface area contributed by atoms with E-state index in [4.69, 9.17) is 0 Å². The summed E-state index contributed by atoms with van der Waals surface area (Å²) >= 11 is 0. The summed E-state index contributed by atoms with van der Waals surface area (Å²) in [6.45, 7) is 7.69. The van der Waals surface area contributed by atoms with E-state index < -0.39 is 0 Å². The molecule has 0 bridgehead atoms. The van der Waals surface area contributed by atoms with Gasteiger partial charge in [0, 0.05) is 35.9 Å². The van der Waals surface area contributed by atoms with Crippen molar-refractivity contribution >= 4 is 0 Å². The minimum atomic E-state index is -0.181. The molecule has 0 aliphatic carbocycles. The first-order valence-corrected chi connectivity index (χ1v) is 9.35. The molecule has 4 aromatic rings. The van der Waals surface area contributed by atoms with Crippen molar-refractivity contribution in [3.05, 3.63) is 95.3 Å². The van der Waals surface area contributed by atoms with Crippen molar-refractivity contribution in [2.24, 2.45) is 0 Å². The quantitative estimate of drug-likeness (QED) is 0.446. The van der Waals surface area contributed by atoms with E-state index in [9.17, 15) is 4.39 Å². The molecule has 4 nitrogen and oxygen atoms in total. The smallest absolute Gasteiger partial charge is 0.159 e. The first-order valence-electron chi connectivity index (χ1n) is 9.35. The van der Waals surface area contributed by atoms with Gasteiger partial charge in [0.2, 0.25) is 0 Å². The highest BCUT2D eigenvalue weighted by atomic mass is 19.1. The number of hydrogen-bond acceptors (Lipinski definition) is 4. The Morgan fingerprint density at radius 1 is 0.552 bits per heavy atom. The number of aryl methyl sites for hydroxylation is 2. The molecule has 2 aromatic carbocycles. The number of hydrogen-bond donors (Lipinski definition) is 0. The average molecular weight is 386 g/mol. The summed E-state index contributed by atoms with van der Waals surface area (Å²) in [5.74, 6) is 1.18. The molecule has 0 saturated heterocycles. The largest absolute Gasteiger partial charge is 0.237 e. The first-order chi connectivity index (χ1) is 14.0. The highest BCUT2D eigenvalue weighted by Crippen LogP contribution is 2.23. The van der Waals surface area contributed by atoms with Gasteiger partial charge in [0.05, 0.1) is 0 Å². The normalized spacial score (nSPS) is 10.2. The van der Waals surface area contributed by atoms with E-state index in [2.05, 4.69) is 45.9 Å². The maximum absolute atomic E-state index is 13.6. The minimum Gasteiger partial charge on any atom is -0.237 e. The van der Waals surface area contributed by atoms with Crippen molar-refractivity contribution < 1.29 is 4.39 Å². The van der Waals surface area contributed by atoms with Crippen LogP contribution in [0, 0.1) is 33.5 Å². The van der Waals surface area contributed by atoms with Crippen LogP contribution < -0.4 is 0 Å². The molecule has 0 amide bonds. The number of rotatable bonds is 2. The Kier molecular flexibility index (Phi) is 6.39. The summed E-state index contributed by atoms with van der Waals surface area (Å²) in [4.78, 5) is 16.7. The summed E-state index contributed by atoms with van der Waals surface area (Å²) in [5, 5.41) is 0. The Bertz CT molecular complexity index is 1100. The van der Waals surface area contributed by atoms with Crippen LogP contribution in [-0.4, -0.2) is 19.9 Å². The van der Waals surface area contributed by atoms with E-state index in [1.165, 1.54) is 11.1 Å². The van der Waals surface area contributed by atoms with Crippen LogP contribution in [0.5, 0.6) is 0 Å². The van der Waals surface area contributed by atoms with Crippen molar-refractivity contribution in [1.29, 1.82) is 0 Å². The van der Waals surface area contributed by atoms with Crippen LogP contribution in [0.4, 0.5) is 4.39 Å². The topological polar surface area (TPSA) is 51.6 Å². The molecule has 0 aliphatic heterocycles. The van der Waals surface area contributed by atoms with Crippen molar-refractivity contribution in [2.45, 2.75) is 27.7 Å². The maximum atomic E-state index is 13.6. The second-order valence-corrected chi connectivity index (χ2v) is 6.76. The maximum Gasteiger partial charge on any atom is 0.159 e. The summed E-state index contributed by atoms with van der Waals surface area (Å²) in [5.41, 5.74) is 5.63. The molecule has 5 heteroatoms. The zero-order valence-electron chi connectivity index (χ0n) is 17.0. The fourth-order valence-electron chi connectivity index (χ4n) is 2.93. The molecule has 0 atom stereocenters. The SMILES string of the molecule is Cc1ccc(-c2ncccn2)c(C)c1F.Cc1cccc(-c2ncccn2)c1C. The van der Waals surface area contributed by atoms with Gasteiger partial charge in [-0.3, -0.25) is 0 Å². The summed E-state index contributed by atoms with van der Waals surface area (Å²) < 4.78 is 13.6. The standard InChI is InChI=1S/C12H11FN2.C12H12N2/c1-8-4-5-10(9(2)11(8)13)12-14-6-3-7-15-12;1-9-5-3-6-11(10(9)2)12-13-7-4-8-14-12/h3-7H,1-2H3;3-8H,1-2H3. The molecule has 0 aliphatic rings. The first kappa shape index (κ1) is 20.3. The predicted octanol–water partition coefficient (Wildman–Crippen LogP) is 5.66. The van der Waals surface area contributed by atoms with Gasteiger partial charge in [-0.25, -0.2) is 24.3 Å². The van der Waals surface area contributed by atoms with Crippen LogP contribution in [-0.2, 0) is 0 Å². The lowest BCUT2D eigenvalue weighted by Gasteiger charge is -2.06. The van der Waals surface area contributed by atoms with Gasteiger partial charge in [-0.2, -0.15) is 0 Å². The number of aromatic nitrogens is 4. The highest BCUT2D eigenvalue weighted by molar-refractivity contribution is 5.61. The van der Waals surface area contributed by atoms with Gasteiger partial charge >= 0.3 is 0 Å². The van der Waals surface area contributed by atoms with E-state index in [-0.39, 0.29) is 5.82 Å². The fourth-order valence-corrected chi connectivity index (χ4v) is 2.93. The zero-order chi connectivity index (χ0) is 20.8. The molecule has 0 radical (unpaired) electrons. The zero-order valence-corrected chi connectivity index (χ0v) is 17.0. The Morgan fingerprint density at radius 2 is 1.07 bits per heavy atom. The molecular weight excluding hydrogens is 363 g/mol. The fraction of sp³-hybridized carbons (Fsp3) is 0.167. The van der Waals surface area contributed by atoms with Crippen molar-refractivity contribution in [3.63, 3.8) is 0 Å². The Morgan fingerprint density at radius 3 is 1.62 bits per heavy atom. The van der Waals surface area contributed by atoms with E-state index in [0.29, 0.717) is 17.0 Å². The molecule has 4 rings (SSSR count). The van der Waals surface area contributed by atoms with E-state index in [1.807, 2.05) is 18.2 Å². The molecular formula is C24H23FN4. The molecule has 146 valence electrons. The number of halogens is 1. The molecule has 2 aromatic heterocycles. The van der Waals surface area contributed by atoms with Crippen molar-refractivity contribution in [1.82, 2.24) is 19.9 Å². The Labute approximate surface area is 170 Å². The van der Waals surface area contributed by atoms with Crippen LogP contribution in [0.1, 0.15) is 22.3 Å². The summed E-state index contributed by atoms with van der Waals surface area (Å²) in [6, 6.07) is 13.3. The van der Waals surface area contributed by atoms with E-state index in [0.717, 1.165) is 17.0 Å². The molecule has 0 saturated carbocycles.